The fourth-order valence-electron chi connectivity index (χ4n) is 3.40. The van der Waals surface area contributed by atoms with Gasteiger partial charge < -0.3 is 4.57 Å². The second-order valence-corrected chi connectivity index (χ2v) is 6.31. The maximum atomic E-state index is 4.42. The highest BCUT2D eigenvalue weighted by atomic mass is 79.9. The van der Waals surface area contributed by atoms with E-state index in [-0.39, 0.29) is 0 Å². The molecule has 2 nitrogen and oxygen atoms in total. The molecule has 2 saturated carbocycles. The van der Waals surface area contributed by atoms with E-state index in [9.17, 15) is 0 Å². The molecule has 2 aliphatic rings. The van der Waals surface area contributed by atoms with Gasteiger partial charge in [0.15, 0.2) is 0 Å². The molecule has 16 heavy (non-hydrogen) atoms. The molecule has 3 rings (SSSR count). The molecule has 2 aliphatic carbocycles. The average Bonchev–Trinajstić information content (AvgIpc) is 2.74. The molecule has 0 bridgehead atoms. The summed E-state index contributed by atoms with van der Waals surface area (Å²) in [5, 5.41) is 1.18. The van der Waals surface area contributed by atoms with Crippen LogP contribution in [0.25, 0.3) is 0 Å². The topological polar surface area (TPSA) is 17.8 Å². The van der Waals surface area contributed by atoms with Gasteiger partial charge in [-0.3, -0.25) is 0 Å². The third kappa shape index (κ3) is 1.83. The standard InChI is InChI=1S/C13H19BrN2/c1-16-5-4-15-12(16)2-3-13(9-14)7-10-6-11(10)8-13/h4-5,10-11H,2-3,6-9H2,1H3. The van der Waals surface area contributed by atoms with E-state index >= 15 is 0 Å². The van der Waals surface area contributed by atoms with Crippen molar-refractivity contribution in [3.8, 4) is 0 Å². The van der Waals surface area contributed by atoms with Gasteiger partial charge in [-0.1, -0.05) is 15.9 Å². The van der Waals surface area contributed by atoms with Crippen molar-refractivity contribution in [2.75, 3.05) is 5.33 Å². The van der Waals surface area contributed by atoms with Gasteiger partial charge in [-0.2, -0.15) is 0 Å². The zero-order valence-corrected chi connectivity index (χ0v) is 11.4. The Morgan fingerprint density at radius 3 is 2.81 bits per heavy atom. The van der Waals surface area contributed by atoms with Crippen LogP contribution in [0.1, 0.15) is 31.5 Å². The normalized spacial score (nSPS) is 36.4. The molecule has 88 valence electrons. The number of fused-ring (bicyclic) bond motifs is 1. The minimum atomic E-state index is 0.583. The lowest BCUT2D eigenvalue weighted by Crippen LogP contribution is -2.22. The van der Waals surface area contributed by atoms with Crippen LogP contribution in [0.4, 0.5) is 0 Å². The first kappa shape index (κ1) is 10.8. The van der Waals surface area contributed by atoms with Gasteiger partial charge in [0.1, 0.15) is 5.82 Å². The van der Waals surface area contributed by atoms with E-state index in [0.29, 0.717) is 5.41 Å². The van der Waals surface area contributed by atoms with Crippen molar-refractivity contribution >= 4 is 15.9 Å². The zero-order valence-electron chi connectivity index (χ0n) is 9.82. The van der Waals surface area contributed by atoms with Crippen molar-refractivity contribution in [3.05, 3.63) is 18.2 Å². The highest BCUT2D eigenvalue weighted by molar-refractivity contribution is 9.09. The van der Waals surface area contributed by atoms with Crippen LogP contribution < -0.4 is 0 Å². The molecule has 0 radical (unpaired) electrons. The molecule has 1 aromatic heterocycles. The maximum absolute atomic E-state index is 4.42. The summed E-state index contributed by atoms with van der Waals surface area (Å²) in [7, 11) is 2.09. The molecule has 0 saturated heterocycles. The number of nitrogens with zero attached hydrogens (tertiary/aromatic N) is 2. The molecule has 2 fully saturated rings. The molecule has 1 aromatic rings. The minimum Gasteiger partial charge on any atom is -0.338 e. The summed E-state index contributed by atoms with van der Waals surface area (Å²) in [6, 6.07) is 0. The van der Waals surface area contributed by atoms with Crippen LogP contribution in [0.5, 0.6) is 0 Å². The Hall–Kier alpha value is -0.310. The van der Waals surface area contributed by atoms with Crippen molar-refractivity contribution in [1.29, 1.82) is 0 Å². The van der Waals surface area contributed by atoms with Gasteiger partial charge in [0.2, 0.25) is 0 Å². The Kier molecular flexibility index (Phi) is 2.61. The number of alkyl halides is 1. The second-order valence-electron chi connectivity index (χ2n) is 5.75. The van der Waals surface area contributed by atoms with Crippen LogP contribution in [-0.2, 0) is 13.5 Å². The highest BCUT2D eigenvalue weighted by Crippen LogP contribution is 2.61. The summed E-state index contributed by atoms with van der Waals surface area (Å²) in [6.07, 6.45) is 10.8. The third-order valence-corrected chi connectivity index (χ3v) is 5.73. The van der Waals surface area contributed by atoms with Crippen LogP contribution in [0.3, 0.4) is 0 Å². The van der Waals surface area contributed by atoms with Gasteiger partial charge in [-0.25, -0.2) is 4.98 Å². The molecule has 0 amide bonds. The van der Waals surface area contributed by atoms with E-state index in [1.807, 2.05) is 12.4 Å². The first-order valence-electron chi connectivity index (χ1n) is 6.25. The number of rotatable bonds is 4. The van der Waals surface area contributed by atoms with Crippen LogP contribution in [0, 0.1) is 17.3 Å². The fourth-order valence-corrected chi connectivity index (χ4v) is 4.14. The maximum Gasteiger partial charge on any atom is 0.108 e. The third-order valence-electron chi connectivity index (χ3n) is 4.54. The lowest BCUT2D eigenvalue weighted by atomic mass is 9.81. The largest absolute Gasteiger partial charge is 0.338 e. The Balaban J connectivity index is 1.63. The average molecular weight is 283 g/mol. The number of halogens is 1. The van der Waals surface area contributed by atoms with Crippen LogP contribution >= 0.6 is 15.9 Å². The van der Waals surface area contributed by atoms with E-state index in [2.05, 4.69) is 32.5 Å². The molecule has 1 heterocycles. The molecule has 2 unspecified atom stereocenters. The van der Waals surface area contributed by atoms with Crippen molar-refractivity contribution in [2.24, 2.45) is 24.3 Å². The quantitative estimate of drug-likeness (QED) is 0.776. The van der Waals surface area contributed by atoms with Crippen LogP contribution in [0.2, 0.25) is 0 Å². The zero-order chi connectivity index (χ0) is 11.2. The highest BCUT2D eigenvalue weighted by Gasteiger charge is 2.52. The fraction of sp³-hybridized carbons (Fsp3) is 0.769. The summed E-state index contributed by atoms with van der Waals surface area (Å²) in [4.78, 5) is 4.42. The van der Waals surface area contributed by atoms with Crippen molar-refractivity contribution in [2.45, 2.75) is 32.1 Å². The monoisotopic (exact) mass is 282 g/mol. The summed E-state index contributed by atoms with van der Waals surface area (Å²) in [6.45, 7) is 0. The molecule has 2 atom stereocenters. The number of imidazole rings is 1. The molecular formula is C13H19BrN2. The lowest BCUT2D eigenvalue weighted by molar-refractivity contribution is 0.282. The smallest absolute Gasteiger partial charge is 0.108 e. The van der Waals surface area contributed by atoms with E-state index < -0.39 is 0 Å². The van der Waals surface area contributed by atoms with Crippen LogP contribution in [-0.4, -0.2) is 14.9 Å². The van der Waals surface area contributed by atoms with Gasteiger partial charge in [0, 0.05) is 31.2 Å². The number of hydrogen-bond donors (Lipinski definition) is 0. The first-order chi connectivity index (χ1) is 7.72. The van der Waals surface area contributed by atoms with E-state index in [0.717, 1.165) is 18.3 Å². The van der Waals surface area contributed by atoms with Crippen LogP contribution in [0.15, 0.2) is 12.4 Å². The Morgan fingerprint density at radius 2 is 2.25 bits per heavy atom. The van der Waals surface area contributed by atoms with Crippen molar-refractivity contribution < 1.29 is 0 Å². The lowest BCUT2D eigenvalue weighted by Gasteiger charge is -2.28. The first-order valence-corrected chi connectivity index (χ1v) is 7.37. The molecule has 0 aliphatic heterocycles. The summed E-state index contributed by atoms with van der Waals surface area (Å²) >= 11 is 3.74. The van der Waals surface area contributed by atoms with Crippen molar-refractivity contribution in [3.63, 3.8) is 0 Å². The molecule has 3 heteroatoms. The SMILES string of the molecule is Cn1ccnc1CCC1(CBr)CC2CC2C1. The van der Waals surface area contributed by atoms with Crippen molar-refractivity contribution in [1.82, 2.24) is 9.55 Å². The van der Waals surface area contributed by atoms with Gasteiger partial charge in [-0.05, 0) is 42.9 Å². The predicted molar refractivity (Wildman–Crippen MR) is 68.6 cm³/mol. The number of aromatic nitrogens is 2. The van der Waals surface area contributed by atoms with Gasteiger partial charge in [0.05, 0.1) is 0 Å². The van der Waals surface area contributed by atoms with Gasteiger partial charge >= 0.3 is 0 Å². The number of aryl methyl sites for hydroxylation is 2. The number of hydrogen-bond acceptors (Lipinski definition) is 1. The van der Waals surface area contributed by atoms with E-state index in [1.54, 1.807) is 0 Å². The minimum absolute atomic E-state index is 0.583. The summed E-state index contributed by atoms with van der Waals surface area (Å²) < 4.78 is 2.15. The molecule has 0 aromatic carbocycles. The predicted octanol–water partition coefficient (Wildman–Crippen LogP) is 3.16. The summed E-state index contributed by atoms with van der Waals surface area (Å²) in [5.41, 5.74) is 0.583. The molecule has 0 spiro atoms. The second kappa shape index (κ2) is 3.86. The Bertz CT molecular complexity index is 375. The molecular weight excluding hydrogens is 264 g/mol. The molecule has 0 N–H and O–H groups in total. The summed E-state index contributed by atoms with van der Waals surface area (Å²) in [5.74, 6) is 3.37. The van der Waals surface area contributed by atoms with Gasteiger partial charge in [-0.15, -0.1) is 0 Å². The van der Waals surface area contributed by atoms with E-state index in [1.165, 1.54) is 36.8 Å². The Labute approximate surface area is 106 Å². The van der Waals surface area contributed by atoms with E-state index in [4.69, 9.17) is 0 Å². The Morgan fingerprint density at radius 1 is 1.50 bits per heavy atom. The van der Waals surface area contributed by atoms with Gasteiger partial charge in [0.25, 0.3) is 0 Å².